The smallest absolute Gasteiger partial charge is 0.147 e. The SMILES string of the molecule is CCC(C)(C)c1cnc(Cl)c(Cl)c1. The lowest BCUT2D eigenvalue weighted by Crippen LogP contribution is -2.15. The van der Waals surface area contributed by atoms with Crippen molar-refractivity contribution in [3.63, 3.8) is 0 Å². The Labute approximate surface area is 89.1 Å². The molecule has 0 saturated heterocycles. The normalized spacial score (nSPS) is 11.8. The van der Waals surface area contributed by atoms with Gasteiger partial charge in [0, 0.05) is 6.20 Å². The Morgan fingerprint density at radius 2 is 2.00 bits per heavy atom. The first-order valence-corrected chi connectivity index (χ1v) is 5.04. The summed E-state index contributed by atoms with van der Waals surface area (Å²) in [5, 5.41) is 0.901. The molecule has 0 unspecified atom stereocenters. The fourth-order valence-corrected chi connectivity index (χ4v) is 1.27. The molecule has 0 bridgehead atoms. The second-order valence-electron chi connectivity index (χ2n) is 3.73. The summed E-state index contributed by atoms with van der Waals surface area (Å²) in [4.78, 5) is 4.03. The lowest BCUT2D eigenvalue weighted by molar-refractivity contribution is 0.504. The number of hydrogen-bond acceptors (Lipinski definition) is 1. The summed E-state index contributed by atoms with van der Waals surface area (Å²) in [6, 6.07) is 1.89. The maximum Gasteiger partial charge on any atom is 0.147 e. The summed E-state index contributed by atoms with van der Waals surface area (Å²) in [5.74, 6) is 0. The largest absolute Gasteiger partial charge is 0.243 e. The van der Waals surface area contributed by atoms with Crippen LogP contribution in [0.15, 0.2) is 12.3 Å². The van der Waals surface area contributed by atoms with Crippen LogP contribution in [0.25, 0.3) is 0 Å². The van der Waals surface area contributed by atoms with Crippen LogP contribution < -0.4 is 0 Å². The summed E-state index contributed by atoms with van der Waals surface area (Å²) < 4.78 is 0. The Balaban J connectivity index is 3.10. The Morgan fingerprint density at radius 3 is 2.46 bits per heavy atom. The van der Waals surface area contributed by atoms with Gasteiger partial charge in [0.15, 0.2) is 0 Å². The second-order valence-corrected chi connectivity index (χ2v) is 4.50. The van der Waals surface area contributed by atoms with Gasteiger partial charge in [-0.3, -0.25) is 0 Å². The zero-order valence-electron chi connectivity index (χ0n) is 8.06. The van der Waals surface area contributed by atoms with Crippen LogP contribution in [0.2, 0.25) is 10.2 Å². The fourth-order valence-electron chi connectivity index (χ4n) is 0.995. The third-order valence-corrected chi connectivity index (χ3v) is 3.15. The van der Waals surface area contributed by atoms with Crippen molar-refractivity contribution in [2.45, 2.75) is 32.6 Å². The van der Waals surface area contributed by atoms with E-state index in [1.54, 1.807) is 6.20 Å². The number of nitrogens with zero attached hydrogens (tertiary/aromatic N) is 1. The molecule has 0 aromatic carbocycles. The molecule has 13 heavy (non-hydrogen) atoms. The van der Waals surface area contributed by atoms with Crippen LogP contribution >= 0.6 is 23.2 Å². The maximum atomic E-state index is 5.88. The number of halogens is 2. The Bertz CT molecular complexity index is 308. The second kappa shape index (κ2) is 3.85. The highest BCUT2D eigenvalue weighted by atomic mass is 35.5. The van der Waals surface area contributed by atoms with Crippen molar-refractivity contribution >= 4 is 23.2 Å². The summed E-state index contributed by atoms with van der Waals surface area (Å²) in [7, 11) is 0. The van der Waals surface area contributed by atoms with Gasteiger partial charge in [-0.1, -0.05) is 44.0 Å². The molecular formula is C10H13Cl2N. The Hall–Kier alpha value is -0.270. The van der Waals surface area contributed by atoms with Crippen LogP contribution in [0, 0.1) is 0 Å². The minimum atomic E-state index is 0.112. The minimum Gasteiger partial charge on any atom is -0.243 e. The summed E-state index contributed by atoms with van der Waals surface area (Å²) >= 11 is 11.6. The highest BCUT2D eigenvalue weighted by Gasteiger charge is 2.19. The lowest BCUT2D eigenvalue weighted by atomic mass is 9.83. The van der Waals surface area contributed by atoms with Crippen molar-refractivity contribution in [1.29, 1.82) is 0 Å². The van der Waals surface area contributed by atoms with Gasteiger partial charge in [-0.05, 0) is 23.5 Å². The van der Waals surface area contributed by atoms with Crippen molar-refractivity contribution in [3.05, 3.63) is 28.0 Å². The minimum absolute atomic E-state index is 0.112. The van der Waals surface area contributed by atoms with E-state index in [-0.39, 0.29) is 5.41 Å². The molecule has 0 saturated carbocycles. The van der Waals surface area contributed by atoms with E-state index in [1.165, 1.54) is 0 Å². The third kappa shape index (κ3) is 2.35. The molecular weight excluding hydrogens is 205 g/mol. The van der Waals surface area contributed by atoms with E-state index < -0.39 is 0 Å². The van der Waals surface area contributed by atoms with Crippen molar-refractivity contribution < 1.29 is 0 Å². The molecule has 0 spiro atoms. The van der Waals surface area contributed by atoms with Crippen molar-refractivity contribution in [3.8, 4) is 0 Å². The zero-order chi connectivity index (χ0) is 10.1. The summed E-state index contributed by atoms with van der Waals surface area (Å²) in [6.07, 6.45) is 2.84. The Kier molecular flexibility index (Phi) is 3.20. The first-order valence-electron chi connectivity index (χ1n) is 4.29. The van der Waals surface area contributed by atoms with Gasteiger partial charge in [0.2, 0.25) is 0 Å². The number of hydrogen-bond donors (Lipinski definition) is 0. The fraction of sp³-hybridized carbons (Fsp3) is 0.500. The van der Waals surface area contributed by atoms with E-state index in [0.29, 0.717) is 10.2 Å². The van der Waals surface area contributed by atoms with Gasteiger partial charge in [0.1, 0.15) is 5.15 Å². The van der Waals surface area contributed by atoms with Crippen LogP contribution in [0.5, 0.6) is 0 Å². The van der Waals surface area contributed by atoms with E-state index in [2.05, 4.69) is 25.8 Å². The molecule has 3 heteroatoms. The Morgan fingerprint density at radius 1 is 1.38 bits per heavy atom. The van der Waals surface area contributed by atoms with Crippen molar-refractivity contribution in [1.82, 2.24) is 4.98 Å². The van der Waals surface area contributed by atoms with E-state index in [1.807, 2.05) is 6.07 Å². The number of pyridine rings is 1. The zero-order valence-corrected chi connectivity index (χ0v) is 9.58. The topological polar surface area (TPSA) is 12.9 Å². The molecule has 0 N–H and O–H groups in total. The molecule has 0 aliphatic carbocycles. The van der Waals surface area contributed by atoms with Gasteiger partial charge in [-0.15, -0.1) is 0 Å². The monoisotopic (exact) mass is 217 g/mol. The van der Waals surface area contributed by atoms with Gasteiger partial charge < -0.3 is 0 Å². The van der Waals surface area contributed by atoms with Gasteiger partial charge in [-0.25, -0.2) is 4.98 Å². The van der Waals surface area contributed by atoms with E-state index in [0.717, 1.165) is 12.0 Å². The molecule has 0 atom stereocenters. The molecule has 0 amide bonds. The molecule has 0 fully saturated rings. The van der Waals surface area contributed by atoms with Gasteiger partial charge in [0.25, 0.3) is 0 Å². The van der Waals surface area contributed by atoms with Crippen molar-refractivity contribution in [2.75, 3.05) is 0 Å². The summed E-state index contributed by atoms with van der Waals surface area (Å²) in [6.45, 7) is 6.46. The predicted molar refractivity (Wildman–Crippen MR) is 57.6 cm³/mol. The molecule has 1 heterocycles. The van der Waals surface area contributed by atoms with E-state index >= 15 is 0 Å². The standard InChI is InChI=1S/C10H13Cl2N/c1-4-10(2,3)7-5-8(11)9(12)13-6-7/h5-6H,4H2,1-3H3. The van der Waals surface area contributed by atoms with Gasteiger partial charge in [-0.2, -0.15) is 0 Å². The molecule has 0 radical (unpaired) electrons. The van der Waals surface area contributed by atoms with Gasteiger partial charge >= 0.3 is 0 Å². The van der Waals surface area contributed by atoms with E-state index in [9.17, 15) is 0 Å². The lowest BCUT2D eigenvalue weighted by Gasteiger charge is -2.22. The highest BCUT2D eigenvalue weighted by Crippen LogP contribution is 2.30. The number of aromatic nitrogens is 1. The first kappa shape index (κ1) is 10.8. The molecule has 1 rings (SSSR count). The molecule has 1 nitrogen and oxygen atoms in total. The third-order valence-electron chi connectivity index (χ3n) is 2.46. The molecule has 72 valence electrons. The van der Waals surface area contributed by atoms with Crippen LogP contribution in [-0.2, 0) is 5.41 Å². The quantitative estimate of drug-likeness (QED) is 0.681. The molecule has 0 aliphatic rings. The van der Waals surface area contributed by atoms with Crippen LogP contribution in [0.1, 0.15) is 32.8 Å². The average molecular weight is 218 g/mol. The van der Waals surface area contributed by atoms with Crippen LogP contribution in [-0.4, -0.2) is 4.98 Å². The first-order chi connectivity index (χ1) is 5.97. The number of rotatable bonds is 2. The van der Waals surface area contributed by atoms with Crippen LogP contribution in [0.3, 0.4) is 0 Å². The molecule has 0 aliphatic heterocycles. The van der Waals surface area contributed by atoms with E-state index in [4.69, 9.17) is 23.2 Å². The summed E-state index contributed by atoms with van der Waals surface area (Å²) in [5.41, 5.74) is 1.24. The highest BCUT2D eigenvalue weighted by molar-refractivity contribution is 6.41. The maximum absolute atomic E-state index is 5.88. The average Bonchev–Trinajstić information content (AvgIpc) is 2.09. The van der Waals surface area contributed by atoms with Crippen molar-refractivity contribution in [2.24, 2.45) is 0 Å². The molecule has 1 aromatic heterocycles. The predicted octanol–water partition coefficient (Wildman–Crippen LogP) is 4.08. The van der Waals surface area contributed by atoms with Gasteiger partial charge in [0.05, 0.1) is 5.02 Å². The molecule has 1 aromatic rings. The van der Waals surface area contributed by atoms with Crippen LogP contribution in [0.4, 0.5) is 0 Å².